The predicted molar refractivity (Wildman–Crippen MR) is 127 cm³/mol. The van der Waals surface area contributed by atoms with Crippen LogP contribution in [0.1, 0.15) is 23.6 Å². The van der Waals surface area contributed by atoms with Gasteiger partial charge in [0, 0.05) is 52.7 Å². The summed E-state index contributed by atoms with van der Waals surface area (Å²) in [6.07, 6.45) is 4.38. The number of hydrogen-bond donors (Lipinski definition) is 0. The van der Waals surface area contributed by atoms with Crippen molar-refractivity contribution in [2.75, 3.05) is 6.79 Å². The van der Waals surface area contributed by atoms with Gasteiger partial charge in [-0.25, -0.2) is 0 Å². The molecule has 0 saturated carbocycles. The molecule has 0 N–H and O–H groups in total. The van der Waals surface area contributed by atoms with Gasteiger partial charge < -0.3 is 9.47 Å². The van der Waals surface area contributed by atoms with Gasteiger partial charge in [-0.1, -0.05) is 30.8 Å². The Bertz CT molecular complexity index is 1330. The molecule has 2 aromatic heterocycles. The van der Waals surface area contributed by atoms with Gasteiger partial charge in [-0.15, -0.1) is 10.2 Å². The van der Waals surface area contributed by atoms with E-state index in [9.17, 15) is 10.1 Å². The van der Waals surface area contributed by atoms with Crippen molar-refractivity contribution in [3.63, 3.8) is 0 Å². The molecule has 10 heteroatoms. The molecular formula is C24H21N5O4S. The summed E-state index contributed by atoms with van der Waals surface area (Å²) >= 11 is 1.44. The molecule has 34 heavy (non-hydrogen) atoms. The number of nitrogens with zero attached hydrogens (tertiary/aromatic N) is 5. The summed E-state index contributed by atoms with van der Waals surface area (Å²) < 4.78 is 13.0. The van der Waals surface area contributed by atoms with Crippen LogP contribution in [-0.4, -0.2) is 31.5 Å². The molecule has 0 amide bonds. The van der Waals surface area contributed by atoms with Gasteiger partial charge in [0.15, 0.2) is 17.8 Å². The molecule has 172 valence electrons. The second-order valence-corrected chi connectivity index (χ2v) is 8.59. The number of nitro benzene ring substituents is 1. The molecule has 0 saturated heterocycles. The Morgan fingerprint density at radius 3 is 2.65 bits per heavy atom. The molecule has 0 radical (unpaired) electrons. The summed E-state index contributed by atoms with van der Waals surface area (Å²) in [6, 6.07) is 15.1. The SMILES string of the molecule is CCc1ccc(-n2c(SCc3cc([N+](=O)[O-])cc4c3OCOC4)nnc2-c2ccncc2)cc1. The quantitative estimate of drug-likeness (QED) is 0.210. The lowest BCUT2D eigenvalue weighted by molar-refractivity contribution is -0.385. The zero-order valence-corrected chi connectivity index (χ0v) is 19.2. The first-order chi connectivity index (χ1) is 16.6. The number of fused-ring (bicyclic) bond motifs is 1. The van der Waals surface area contributed by atoms with E-state index in [-0.39, 0.29) is 19.1 Å². The van der Waals surface area contributed by atoms with Crippen molar-refractivity contribution in [3.05, 3.63) is 87.7 Å². The number of pyridine rings is 1. The maximum atomic E-state index is 11.5. The van der Waals surface area contributed by atoms with Crippen LogP contribution < -0.4 is 4.74 Å². The third-order valence-corrected chi connectivity index (χ3v) is 6.49. The molecule has 0 atom stereocenters. The number of non-ortho nitro benzene ring substituents is 1. The van der Waals surface area contributed by atoms with E-state index < -0.39 is 4.92 Å². The number of nitro groups is 1. The highest BCUT2D eigenvalue weighted by molar-refractivity contribution is 7.98. The van der Waals surface area contributed by atoms with Crippen molar-refractivity contribution in [2.24, 2.45) is 0 Å². The van der Waals surface area contributed by atoms with E-state index in [0.29, 0.717) is 28.0 Å². The van der Waals surface area contributed by atoms with Crippen molar-refractivity contribution in [3.8, 4) is 22.8 Å². The highest BCUT2D eigenvalue weighted by atomic mass is 32.2. The molecule has 0 spiro atoms. The second-order valence-electron chi connectivity index (χ2n) is 7.65. The molecule has 2 aromatic carbocycles. The van der Waals surface area contributed by atoms with E-state index in [1.54, 1.807) is 18.5 Å². The minimum atomic E-state index is -0.400. The van der Waals surface area contributed by atoms with Gasteiger partial charge in [-0.2, -0.15) is 0 Å². The van der Waals surface area contributed by atoms with Crippen molar-refractivity contribution >= 4 is 17.4 Å². The molecule has 0 aliphatic carbocycles. The van der Waals surface area contributed by atoms with Gasteiger partial charge in [-0.3, -0.25) is 19.7 Å². The van der Waals surface area contributed by atoms with Gasteiger partial charge in [0.2, 0.25) is 0 Å². The van der Waals surface area contributed by atoms with Gasteiger partial charge in [0.05, 0.1) is 11.5 Å². The van der Waals surface area contributed by atoms with Gasteiger partial charge in [-0.05, 0) is 36.2 Å². The van der Waals surface area contributed by atoms with E-state index in [1.165, 1.54) is 23.4 Å². The maximum Gasteiger partial charge on any atom is 0.270 e. The first kappa shape index (κ1) is 22.1. The second kappa shape index (κ2) is 9.62. The van der Waals surface area contributed by atoms with Crippen LogP contribution in [-0.2, 0) is 23.5 Å². The lowest BCUT2D eigenvalue weighted by atomic mass is 10.1. The molecule has 1 aliphatic heterocycles. The highest BCUT2D eigenvalue weighted by Crippen LogP contribution is 2.37. The first-order valence-electron chi connectivity index (χ1n) is 10.7. The Hall–Kier alpha value is -3.76. The number of aromatic nitrogens is 4. The third kappa shape index (κ3) is 4.37. The van der Waals surface area contributed by atoms with Crippen LogP contribution in [0.15, 0.2) is 66.1 Å². The summed E-state index contributed by atoms with van der Waals surface area (Å²) in [5.74, 6) is 1.75. The Balaban J connectivity index is 1.53. The number of hydrogen-bond acceptors (Lipinski definition) is 8. The molecule has 0 unspecified atom stereocenters. The van der Waals surface area contributed by atoms with Gasteiger partial charge >= 0.3 is 0 Å². The van der Waals surface area contributed by atoms with Crippen LogP contribution >= 0.6 is 11.8 Å². The van der Waals surface area contributed by atoms with Gasteiger partial charge in [0.1, 0.15) is 5.75 Å². The van der Waals surface area contributed by atoms with Crippen LogP contribution in [0.4, 0.5) is 5.69 Å². The number of aryl methyl sites for hydroxylation is 1. The fraction of sp³-hybridized carbons (Fsp3) is 0.208. The minimum absolute atomic E-state index is 0.0116. The maximum absolute atomic E-state index is 11.5. The van der Waals surface area contributed by atoms with Crippen LogP contribution in [0.5, 0.6) is 5.75 Å². The summed E-state index contributed by atoms with van der Waals surface area (Å²) in [5.41, 5.74) is 4.46. The number of ether oxygens (including phenoxy) is 2. The van der Waals surface area contributed by atoms with E-state index in [4.69, 9.17) is 9.47 Å². The van der Waals surface area contributed by atoms with Crippen molar-refractivity contribution < 1.29 is 14.4 Å². The topological polar surface area (TPSA) is 105 Å². The fourth-order valence-corrected chi connectivity index (χ4v) is 4.72. The smallest absolute Gasteiger partial charge is 0.270 e. The van der Waals surface area contributed by atoms with E-state index in [0.717, 1.165) is 23.2 Å². The monoisotopic (exact) mass is 475 g/mol. The van der Waals surface area contributed by atoms with Crippen LogP contribution in [0.25, 0.3) is 17.1 Å². The molecule has 5 rings (SSSR count). The Kier molecular flexibility index (Phi) is 6.24. The van der Waals surface area contributed by atoms with Gasteiger partial charge in [0.25, 0.3) is 5.69 Å². The molecule has 1 aliphatic rings. The molecule has 3 heterocycles. The predicted octanol–water partition coefficient (Wildman–Crippen LogP) is 4.96. The zero-order valence-electron chi connectivity index (χ0n) is 18.4. The summed E-state index contributed by atoms with van der Waals surface area (Å²) in [4.78, 5) is 15.2. The number of benzene rings is 2. The largest absolute Gasteiger partial charge is 0.467 e. The Morgan fingerprint density at radius 1 is 1.12 bits per heavy atom. The molecular weight excluding hydrogens is 454 g/mol. The first-order valence-corrected chi connectivity index (χ1v) is 11.7. The molecule has 0 bridgehead atoms. The third-order valence-electron chi connectivity index (χ3n) is 5.51. The van der Waals surface area contributed by atoms with Crippen molar-refractivity contribution in [1.29, 1.82) is 0 Å². The zero-order chi connectivity index (χ0) is 23.5. The summed E-state index contributed by atoms with van der Waals surface area (Å²) in [7, 11) is 0. The van der Waals surface area contributed by atoms with Crippen LogP contribution in [0.3, 0.4) is 0 Å². The normalized spacial score (nSPS) is 12.7. The average molecular weight is 476 g/mol. The number of rotatable bonds is 7. The van der Waals surface area contributed by atoms with Crippen molar-refractivity contribution in [1.82, 2.24) is 19.7 Å². The summed E-state index contributed by atoms with van der Waals surface area (Å²) in [6.45, 7) is 2.51. The van der Waals surface area contributed by atoms with E-state index in [2.05, 4.69) is 34.2 Å². The fourth-order valence-electron chi connectivity index (χ4n) is 3.80. The summed E-state index contributed by atoms with van der Waals surface area (Å²) in [5, 5.41) is 21.0. The molecule has 9 nitrogen and oxygen atoms in total. The van der Waals surface area contributed by atoms with Crippen LogP contribution in [0, 0.1) is 10.1 Å². The highest BCUT2D eigenvalue weighted by Gasteiger charge is 2.23. The molecule has 0 fully saturated rings. The standard InChI is InChI=1S/C24H21N5O4S/c1-2-16-3-5-20(6-4-16)28-23(17-7-9-25-10-8-17)26-27-24(28)34-14-19-12-21(29(30)31)11-18-13-32-15-33-22(18)19/h3-12H,2,13-15H2,1H3. The van der Waals surface area contributed by atoms with Crippen molar-refractivity contribution in [2.45, 2.75) is 30.9 Å². The van der Waals surface area contributed by atoms with E-state index in [1.807, 2.05) is 28.8 Å². The Morgan fingerprint density at radius 2 is 1.91 bits per heavy atom. The number of thioether (sulfide) groups is 1. The van der Waals surface area contributed by atoms with Crippen LogP contribution in [0.2, 0.25) is 0 Å². The average Bonchev–Trinajstić information content (AvgIpc) is 3.31. The Labute approximate surface area is 199 Å². The lowest BCUT2D eigenvalue weighted by Gasteiger charge is -2.20. The molecule has 4 aromatic rings. The van der Waals surface area contributed by atoms with E-state index >= 15 is 0 Å². The minimum Gasteiger partial charge on any atom is -0.467 e. The lowest BCUT2D eigenvalue weighted by Crippen LogP contribution is -2.13.